The van der Waals surface area contributed by atoms with Crippen molar-refractivity contribution >= 4 is 6.03 Å². The highest BCUT2D eigenvalue weighted by Gasteiger charge is 2.29. The van der Waals surface area contributed by atoms with Crippen molar-refractivity contribution in [2.75, 3.05) is 6.54 Å². The van der Waals surface area contributed by atoms with E-state index in [4.69, 9.17) is 0 Å². The molecule has 0 radical (unpaired) electrons. The molecule has 2 amide bonds. The van der Waals surface area contributed by atoms with Crippen LogP contribution < -0.4 is 5.32 Å². The number of nitrogens with one attached hydrogen (secondary N) is 1. The van der Waals surface area contributed by atoms with Gasteiger partial charge in [-0.2, -0.15) is 5.10 Å². The van der Waals surface area contributed by atoms with Gasteiger partial charge in [-0.3, -0.25) is 4.68 Å². The molecule has 1 N–H and O–H groups in total. The van der Waals surface area contributed by atoms with Crippen molar-refractivity contribution in [3.05, 3.63) is 41.0 Å². The van der Waals surface area contributed by atoms with Gasteiger partial charge in [0.15, 0.2) is 0 Å². The summed E-state index contributed by atoms with van der Waals surface area (Å²) in [5.74, 6) is 0. The molecule has 2 aromatic heterocycles. The standard InChI is InChI=1S/C19H29N5O/c1-5-24-15(3)16(14(2)21-24)13-20-19(25)23-12-7-6-9-18(23)17-10-8-11-22(17)4/h8,10-11,18H,5-7,9,12-13H2,1-4H3,(H,20,25)/t18-/m0/s1. The molecule has 25 heavy (non-hydrogen) atoms. The second-order valence-corrected chi connectivity index (χ2v) is 6.87. The van der Waals surface area contributed by atoms with E-state index in [1.54, 1.807) is 0 Å². The van der Waals surface area contributed by atoms with Crippen molar-refractivity contribution < 1.29 is 4.79 Å². The lowest BCUT2D eigenvalue weighted by molar-refractivity contribution is 0.148. The van der Waals surface area contributed by atoms with Gasteiger partial charge < -0.3 is 14.8 Å². The third-order valence-corrected chi connectivity index (χ3v) is 5.34. The fraction of sp³-hybridized carbons (Fsp3) is 0.579. The predicted molar refractivity (Wildman–Crippen MR) is 98.3 cm³/mol. The van der Waals surface area contributed by atoms with Crippen molar-refractivity contribution in [1.82, 2.24) is 24.6 Å². The van der Waals surface area contributed by atoms with E-state index < -0.39 is 0 Å². The molecule has 6 heteroatoms. The number of carbonyl (C=O) groups is 1. The molecule has 1 atom stereocenters. The van der Waals surface area contributed by atoms with Crippen molar-refractivity contribution in [2.45, 2.75) is 59.2 Å². The van der Waals surface area contributed by atoms with E-state index in [1.807, 2.05) is 35.8 Å². The van der Waals surface area contributed by atoms with Crippen LogP contribution in [0.25, 0.3) is 0 Å². The molecule has 0 spiro atoms. The highest BCUT2D eigenvalue weighted by Crippen LogP contribution is 2.30. The van der Waals surface area contributed by atoms with Gasteiger partial charge in [-0.1, -0.05) is 0 Å². The molecule has 0 aromatic carbocycles. The highest BCUT2D eigenvalue weighted by molar-refractivity contribution is 5.75. The molecule has 136 valence electrons. The number of rotatable bonds is 4. The third-order valence-electron chi connectivity index (χ3n) is 5.34. The van der Waals surface area contributed by atoms with Gasteiger partial charge in [0.1, 0.15) is 0 Å². The summed E-state index contributed by atoms with van der Waals surface area (Å²) < 4.78 is 4.11. The SMILES string of the molecule is CCn1nc(C)c(CNC(=O)N2CCCC[C@H]2c2cccn2C)c1C. The summed E-state index contributed by atoms with van der Waals surface area (Å²) in [6.45, 7) is 8.36. The van der Waals surface area contributed by atoms with E-state index in [0.29, 0.717) is 6.54 Å². The lowest BCUT2D eigenvalue weighted by atomic mass is 9.99. The fourth-order valence-electron chi connectivity index (χ4n) is 3.87. The van der Waals surface area contributed by atoms with Crippen LogP contribution in [-0.4, -0.2) is 31.8 Å². The van der Waals surface area contributed by atoms with E-state index in [9.17, 15) is 4.79 Å². The zero-order valence-electron chi connectivity index (χ0n) is 15.7. The lowest BCUT2D eigenvalue weighted by Crippen LogP contribution is -2.44. The summed E-state index contributed by atoms with van der Waals surface area (Å²) in [5, 5.41) is 7.66. The zero-order valence-corrected chi connectivity index (χ0v) is 15.7. The molecule has 0 saturated carbocycles. The van der Waals surface area contributed by atoms with Crippen LogP contribution >= 0.6 is 0 Å². The molecule has 0 aliphatic carbocycles. The Hall–Kier alpha value is -2.24. The highest BCUT2D eigenvalue weighted by atomic mass is 16.2. The van der Waals surface area contributed by atoms with Gasteiger partial charge in [-0.05, 0) is 52.2 Å². The molecule has 0 unspecified atom stereocenters. The number of urea groups is 1. The topological polar surface area (TPSA) is 55.1 Å². The van der Waals surface area contributed by atoms with Crippen LogP contribution in [0, 0.1) is 13.8 Å². The van der Waals surface area contributed by atoms with Crippen molar-refractivity contribution in [3.8, 4) is 0 Å². The van der Waals surface area contributed by atoms with E-state index in [2.05, 4.69) is 34.9 Å². The van der Waals surface area contributed by atoms with Gasteiger partial charge >= 0.3 is 6.03 Å². The number of likely N-dealkylation sites (tertiary alicyclic amines) is 1. The molecular formula is C19H29N5O. The van der Waals surface area contributed by atoms with Crippen LogP contribution in [0.15, 0.2) is 18.3 Å². The van der Waals surface area contributed by atoms with Crippen molar-refractivity contribution in [1.29, 1.82) is 0 Å². The first-order valence-electron chi connectivity index (χ1n) is 9.21. The van der Waals surface area contributed by atoms with Gasteiger partial charge in [0, 0.05) is 49.8 Å². The molecule has 6 nitrogen and oxygen atoms in total. The normalized spacial score (nSPS) is 17.8. The first-order valence-corrected chi connectivity index (χ1v) is 9.21. The quantitative estimate of drug-likeness (QED) is 0.926. The number of carbonyl (C=O) groups excluding carboxylic acids is 1. The molecule has 1 aliphatic rings. The summed E-state index contributed by atoms with van der Waals surface area (Å²) >= 11 is 0. The first kappa shape index (κ1) is 17.6. The second kappa shape index (κ2) is 7.33. The number of hydrogen-bond acceptors (Lipinski definition) is 2. The van der Waals surface area contributed by atoms with Crippen LogP contribution in [0.4, 0.5) is 4.79 Å². The number of aromatic nitrogens is 3. The first-order chi connectivity index (χ1) is 12.0. The number of aryl methyl sites for hydroxylation is 3. The molecular weight excluding hydrogens is 314 g/mol. The van der Waals surface area contributed by atoms with Crippen LogP contribution in [0.5, 0.6) is 0 Å². The van der Waals surface area contributed by atoms with E-state index >= 15 is 0 Å². The Balaban J connectivity index is 1.71. The van der Waals surface area contributed by atoms with E-state index in [-0.39, 0.29) is 12.1 Å². The Labute approximate surface area is 149 Å². The monoisotopic (exact) mass is 343 g/mol. The number of hydrogen-bond donors (Lipinski definition) is 1. The predicted octanol–water partition coefficient (Wildman–Crippen LogP) is 3.30. The average molecular weight is 343 g/mol. The maximum atomic E-state index is 12.9. The minimum absolute atomic E-state index is 0.0222. The van der Waals surface area contributed by atoms with Crippen LogP contribution in [0.2, 0.25) is 0 Å². The molecule has 1 aliphatic heterocycles. The Bertz CT molecular complexity index is 745. The molecule has 0 bridgehead atoms. The Kier molecular flexibility index (Phi) is 5.16. The van der Waals surface area contributed by atoms with Crippen molar-refractivity contribution in [3.63, 3.8) is 0 Å². The third kappa shape index (κ3) is 3.43. The van der Waals surface area contributed by atoms with Gasteiger partial charge in [0.25, 0.3) is 0 Å². The Morgan fingerprint density at radius 3 is 2.80 bits per heavy atom. The maximum absolute atomic E-state index is 12.9. The molecule has 1 fully saturated rings. The van der Waals surface area contributed by atoms with Crippen LogP contribution in [0.1, 0.15) is 54.9 Å². The summed E-state index contributed by atoms with van der Waals surface area (Å²) in [6, 6.07) is 4.35. The van der Waals surface area contributed by atoms with E-state index in [0.717, 1.165) is 42.9 Å². The van der Waals surface area contributed by atoms with Gasteiger partial charge in [-0.15, -0.1) is 0 Å². The fourth-order valence-corrected chi connectivity index (χ4v) is 3.87. The molecule has 3 rings (SSSR count). The lowest BCUT2D eigenvalue weighted by Gasteiger charge is -2.36. The average Bonchev–Trinajstić information content (AvgIpc) is 3.16. The van der Waals surface area contributed by atoms with Gasteiger partial charge in [-0.25, -0.2) is 4.79 Å². The van der Waals surface area contributed by atoms with Crippen LogP contribution in [-0.2, 0) is 20.1 Å². The summed E-state index contributed by atoms with van der Waals surface area (Å²) in [6.07, 6.45) is 5.31. The Morgan fingerprint density at radius 2 is 2.16 bits per heavy atom. The Morgan fingerprint density at radius 1 is 1.36 bits per heavy atom. The smallest absolute Gasteiger partial charge is 0.318 e. The summed E-state index contributed by atoms with van der Waals surface area (Å²) in [4.78, 5) is 14.9. The van der Waals surface area contributed by atoms with Crippen molar-refractivity contribution in [2.24, 2.45) is 7.05 Å². The second-order valence-electron chi connectivity index (χ2n) is 6.87. The van der Waals surface area contributed by atoms with E-state index in [1.165, 1.54) is 12.1 Å². The number of amides is 2. The summed E-state index contributed by atoms with van der Waals surface area (Å²) in [7, 11) is 2.05. The summed E-state index contributed by atoms with van der Waals surface area (Å²) in [5.41, 5.74) is 4.47. The molecule has 3 heterocycles. The number of nitrogens with zero attached hydrogens (tertiary/aromatic N) is 4. The number of piperidine rings is 1. The molecule has 2 aromatic rings. The minimum atomic E-state index is 0.0222. The maximum Gasteiger partial charge on any atom is 0.318 e. The molecule has 1 saturated heterocycles. The van der Waals surface area contributed by atoms with Crippen LogP contribution in [0.3, 0.4) is 0 Å². The zero-order chi connectivity index (χ0) is 18.0. The largest absolute Gasteiger partial charge is 0.353 e. The van der Waals surface area contributed by atoms with Gasteiger partial charge in [0.05, 0.1) is 11.7 Å². The minimum Gasteiger partial charge on any atom is -0.353 e. The van der Waals surface area contributed by atoms with Gasteiger partial charge in [0.2, 0.25) is 0 Å².